The smallest absolute Gasteiger partial charge is 0.239 e. The number of hydrogen-bond donors (Lipinski definition) is 1. The van der Waals surface area contributed by atoms with Gasteiger partial charge in [-0.2, -0.15) is 5.10 Å². The predicted octanol–water partition coefficient (Wildman–Crippen LogP) is 1.47. The average molecular weight is 264 g/mol. The minimum atomic E-state index is -0.145. The molecule has 1 N–H and O–H groups in total. The summed E-state index contributed by atoms with van der Waals surface area (Å²) >= 11 is 0. The quantitative estimate of drug-likeness (QED) is 0.896. The number of carbonyl (C=O) groups excluding carboxylic acids is 1. The number of hydrogen-bond acceptors (Lipinski definition) is 3. The molecule has 0 saturated carbocycles. The van der Waals surface area contributed by atoms with Gasteiger partial charge in [-0.25, -0.2) is 0 Å². The molecular weight excluding hydrogens is 240 g/mol. The molecule has 106 valence electrons. The van der Waals surface area contributed by atoms with E-state index >= 15 is 0 Å². The highest BCUT2D eigenvalue weighted by Gasteiger charge is 2.23. The molecule has 0 aromatic carbocycles. The first-order valence-electron chi connectivity index (χ1n) is 7.11. The van der Waals surface area contributed by atoms with Crippen molar-refractivity contribution in [2.75, 3.05) is 13.1 Å². The van der Waals surface area contributed by atoms with Gasteiger partial charge in [0.15, 0.2) is 0 Å². The van der Waals surface area contributed by atoms with Crippen LogP contribution in [0.5, 0.6) is 0 Å². The van der Waals surface area contributed by atoms with Crippen LogP contribution < -0.4 is 5.32 Å². The molecule has 0 bridgehead atoms. The van der Waals surface area contributed by atoms with Gasteiger partial charge in [-0.1, -0.05) is 0 Å². The molecule has 2 rings (SSSR count). The van der Waals surface area contributed by atoms with Gasteiger partial charge in [-0.15, -0.1) is 0 Å². The fourth-order valence-electron chi connectivity index (χ4n) is 2.59. The summed E-state index contributed by atoms with van der Waals surface area (Å²) in [5.74, 6) is 0.218. The van der Waals surface area contributed by atoms with Crippen molar-refractivity contribution in [3.63, 3.8) is 0 Å². The summed E-state index contributed by atoms with van der Waals surface area (Å²) in [5, 5.41) is 7.52. The summed E-state index contributed by atoms with van der Waals surface area (Å²) in [6.07, 6.45) is 7.34. The second-order valence-corrected chi connectivity index (χ2v) is 5.44. The third-order valence-corrected chi connectivity index (χ3v) is 3.76. The Morgan fingerprint density at radius 2 is 2.00 bits per heavy atom. The highest BCUT2D eigenvalue weighted by Crippen LogP contribution is 2.14. The molecule has 1 saturated heterocycles. The van der Waals surface area contributed by atoms with Crippen molar-refractivity contribution in [2.24, 2.45) is 7.05 Å². The first-order valence-corrected chi connectivity index (χ1v) is 7.11. The van der Waals surface area contributed by atoms with Crippen molar-refractivity contribution < 1.29 is 4.79 Å². The number of aryl methyl sites for hydroxylation is 1. The summed E-state index contributed by atoms with van der Waals surface area (Å²) in [5.41, 5.74) is 1.11. The average Bonchev–Trinajstić information content (AvgIpc) is 2.85. The molecule has 1 aliphatic heterocycles. The largest absolute Gasteiger partial charge is 0.341 e. The molecular formula is C14H24N4O. The molecule has 5 heteroatoms. The van der Waals surface area contributed by atoms with E-state index in [9.17, 15) is 4.79 Å². The van der Waals surface area contributed by atoms with Crippen LogP contribution in [-0.2, 0) is 11.8 Å². The summed E-state index contributed by atoms with van der Waals surface area (Å²) in [4.78, 5) is 14.3. The summed E-state index contributed by atoms with van der Waals surface area (Å²) in [7, 11) is 1.90. The molecule has 1 amide bonds. The Balaban J connectivity index is 1.89. The predicted molar refractivity (Wildman–Crippen MR) is 74.7 cm³/mol. The van der Waals surface area contributed by atoms with E-state index in [0.29, 0.717) is 0 Å². The Morgan fingerprint density at radius 3 is 2.58 bits per heavy atom. The highest BCUT2D eigenvalue weighted by molar-refractivity contribution is 5.81. The summed E-state index contributed by atoms with van der Waals surface area (Å²) < 4.78 is 1.78. The first-order chi connectivity index (χ1) is 9.08. The van der Waals surface area contributed by atoms with Gasteiger partial charge in [0.2, 0.25) is 5.91 Å². The molecule has 1 aliphatic rings. The SMILES string of the molecule is CC(NC(C)c1cnn(C)c1)C(=O)N1CCCCC1. The van der Waals surface area contributed by atoms with Gasteiger partial charge in [0.05, 0.1) is 12.2 Å². The van der Waals surface area contributed by atoms with Crippen LogP contribution in [0.15, 0.2) is 12.4 Å². The molecule has 19 heavy (non-hydrogen) atoms. The van der Waals surface area contributed by atoms with Gasteiger partial charge in [0.25, 0.3) is 0 Å². The highest BCUT2D eigenvalue weighted by atomic mass is 16.2. The zero-order valence-electron chi connectivity index (χ0n) is 12.1. The van der Waals surface area contributed by atoms with Crippen LogP contribution in [0.2, 0.25) is 0 Å². The number of piperidine rings is 1. The van der Waals surface area contributed by atoms with Crippen molar-refractivity contribution in [3.8, 4) is 0 Å². The number of nitrogens with one attached hydrogen (secondary N) is 1. The van der Waals surface area contributed by atoms with Crippen molar-refractivity contribution in [1.82, 2.24) is 20.0 Å². The maximum atomic E-state index is 12.3. The lowest BCUT2D eigenvalue weighted by Gasteiger charge is -2.30. The van der Waals surface area contributed by atoms with E-state index in [-0.39, 0.29) is 18.0 Å². The zero-order chi connectivity index (χ0) is 13.8. The van der Waals surface area contributed by atoms with Crippen LogP contribution in [0.4, 0.5) is 0 Å². The maximum Gasteiger partial charge on any atom is 0.239 e. The van der Waals surface area contributed by atoms with Crippen LogP contribution in [0, 0.1) is 0 Å². The van der Waals surface area contributed by atoms with Gasteiger partial charge >= 0.3 is 0 Å². The van der Waals surface area contributed by atoms with Crippen LogP contribution >= 0.6 is 0 Å². The van der Waals surface area contributed by atoms with E-state index < -0.39 is 0 Å². The zero-order valence-corrected chi connectivity index (χ0v) is 12.1. The van der Waals surface area contributed by atoms with Gasteiger partial charge in [-0.3, -0.25) is 14.8 Å². The fraction of sp³-hybridized carbons (Fsp3) is 0.714. The van der Waals surface area contributed by atoms with Crippen LogP contribution in [0.25, 0.3) is 0 Å². The maximum absolute atomic E-state index is 12.3. The molecule has 1 aromatic heterocycles. The molecule has 0 radical (unpaired) electrons. The van der Waals surface area contributed by atoms with E-state index in [0.717, 1.165) is 31.5 Å². The second kappa shape index (κ2) is 6.19. The minimum absolute atomic E-state index is 0.137. The third kappa shape index (κ3) is 3.56. The lowest BCUT2D eigenvalue weighted by molar-refractivity contribution is -0.134. The third-order valence-electron chi connectivity index (χ3n) is 3.76. The number of aromatic nitrogens is 2. The van der Waals surface area contributed by atoms with E-state index in [4.69, 9.17) is 0 Å². The van der Waals surface area contributed by atoms with E-state index in [2.05, 4.69) is 17.3 Å². The van der Waals surface area contributed by atoms with Gasteiger partial charge in [0.1, 0.15) is 0 Å². The van der Waals surface area contributed by atoms with Crippen molar-refractivity contribution in [2.45, 2.75) is 45.2 Å². The molecule has 2 unspecified atom stereocenters. The van der Waals surface area contributed by atoms with Crippen LogP contribution in [0.1, 0.15) is 44.7 Å². The Kier molecular flexibility index (Phi) is 4.58. The number of amides is 1. The molecule has 0 spiro atoms. The molecule has 2 atom stereocenters. The number of nitrogens with zero attached hydrogens (tertiary/aromatic N) is 3. The molecule has 0 aliphatic carbocycles. The number of carbonyl (C=O) groups is 1. The van der Waals surface area contributed by atoms with E-state index in [1.54, 1.807) is 4.68 Å². The normalized spacial score (nSPS) is 19.2. The molecule has 2 heterocycles. The van der Waals surface area contributed by atoms with Crippen molar-refractivity contribution in [3.05, 3.63) is 18.0 Å². The van der Waals surface area contributed by atoms with Crippen LogP contribution in [-0.4, -0.2) is 39.7 Å². The van der Waals surface area contributed by atoms with E-state index in [1.165, 1.54) is 6.42 Å². The summed E-state index contributed by atoms with van der Waals surface area (Å²) in [6, 6.07) is -0.00857. The standard InChI is InChI=1S/C14H24N4O/c1-11(13-9-15-17(3)10-13)16-12(2)14(19)18-7-5-4-6-8-18/h9-12,16H,4-8H2,1-3H3. The topological polar surface area (TPSA) is 50.2 Å². The number of rotatable bonds is 4. The first kappa shape index (κ1) is 14.1. The Hall–Kier alpha value is -1.36. The number of likely N-dealkylation sites (tertiary alicyclic amines) is 1. The lowest BCUT2D eigenvalue weighted by atomic mass is 10.1. The van der Waals surface area contributed by atoms with Crippen molar-refractivity contribution in [1.29, 1.82) is 0 Å². The van der Waals surface area contributed by atoms with Gasteiger partial charge in [-0.05, 0) is 33.1 Å². The van der Waals surface area contributed by atoms with Gasteiger partial charge in [0, 0.05) is 37.9 Å². The summed E-state index contributed by atoms with van der Waals surface area (Å²) in [6.45, 7) is 5.83. The minimum Gasteiger partial charge on any atom is -0.341 e. The Labute approximate surface area is 115 Å². The van der Waals surface area contributed by atoms with E-state index in [1.807, 2.05) is 31.3 Å². The molecule has 5 nitrogen and oxygen atoms in total. The van der Waals surface area contributed by atoms with Gasteiger partial charge < -0.3 is 4.90 Å². The monoisotopic (exact) mass is 264 g/mol. The Morgan fingerprint density at radius 1 is 1.32 bits per heavy atom. The Bertz CT molecular complexity index is 423. The molecule has 1 fully saturated rings. The van der Waals surface area contributed by atoms with Crippen molar-refractivity contribution >= 4 is 5.91 Å². The fourth-order valence-corrected chi connectivity index (χ4v) is 2.59. The second-order valence-electron chi connectivity index (χ2n) is 5.44. The molecule has 1 aromatic rings. The lowest BCUT2D eigenvalue weighted by Crippen LogP contribution is -2.47. The van der Waals surface area contributed by atoms with Crippen LogP contribution in [0.3, 0.4) is 0 Å².